The van der Waals surface area contributed by atoms with Gasteiger partial charge < -0.3 is 10.1 Å². The molecule has 3 heteroatoms. The van der Waals surface area contributed by atoms with Crippen LogP contribution in [0.2, 0.25) is 0 Å². The molecule has 1 aromatic rings. The Morgan fingerprint density at radius 3 is 3.00 bits per heavy atom. The Kier molecular flexibility index (Phi) is 1.97. The number of Topliss-reactive ketones (excluding diaryl/α,β-unsaturated/α-hetero) is 1. The molecule has 4 rings (SSSR count). The zero-order valence-corrected chi connectivity index (χ0v) is 10.5. The third kappa shape index (κ3) is 1.31. The van der Waals surface area contributed by atoms with Crippen molar-refractivity contribution in [2.75, 3.05) is 0 Å². The molecule has 2 fully saturated rings. The first-order valence-corrected chi connectivity index (χ1v) is 6.75. The molecule has 1 aromatic carbocycles. The number of aryl methyl sites for hydroxylation is 1. The van der Waals surface area contributed by atoms with Crippen LogP contribution in [0.3, 0.4) is 0 Å². The Labute approximate surface area is 107 Å². The summed E-state index contributed by atoms with van der Waals surface area (Å²) in [5.74, 6) is 1.03. The zero-order chi connectivity index (χ0) is 12.3. The standard InChI is InChI=1S/C15H17NO2/c1-9-2-4-13-11(6-9)12(17)8-15(18-13)7-10-3-5-14(15)16-10/h2,4,6,10,14,16H,3,5,7-8H2,1H3. The van der Waals surface area contributed by atoms with E-state index >= 15 is 0 Å². The normalized spacial score (nSPS) is 36.8. The van der Waals surface area contributed by atoms with Gasteiger partial charge in [0.1, 0.15) is 11.4 Å². The van der Waals surface area contributed by atoms with Gasteiger partial charge in [-0.2, -0.15) is 0 Å². The number of ether oxygens (including phenoxy) is 1. The second-order valence-electron chi connectivity index (χ2n) is 5.96. The molecule has 3 aliphatic rings. The monoisotopic (exact) mass is 243 g/mol. The maximum atomic E-state index is 12.4. The highest BCUT2D eigenvalue weighted by Gasteiger charge is 2.55. The van der Waals surface area contributed by atoms with Crippen molar-refractivity contribution in [3.63, 3.8) is 0 Å². The molecule has 3 heterocycles. The van der Waals surface area contributed by atoms with Crippen molar-refractivity contribution in [1.82, 2.24) is 5.32 Å². The van der Waals surface area contributed by atoms with Gasteiger partial charge in [-0.05, 0) is 31.9 Å². The minimum Gasteiger partial charge on any atom is -0.484 e. The summed E-state index contributed by atoms with van der Waals surface area (Å²) in [6.07, 6.45) is 3.89. The van der Waals surface area contributed by atoms with Gasteiger partial charge in [-0.1, -0.05) is 11.6 Å². The molecule has 0 amide bonds. The van der Waals surface area contributed by atoms with Gasteiger partial charge in [0.2, 0.25) is 0 Å². The molecule has 3 atom stereocenters. The SMILES string of the molecule is Cc1ccc2c(c1)C(=O)CC1(CC3CCC1N3)O2. The van der Waals surface area contributed by atoms with Crippen LogP contribution in [0.15, 0.2) is 18.2 Å². The van der Waals surface area contributed by atoms with E-state index in [1.807, 2.05) is 25.1 Å². The Morgan fingerprint density at radius 1 is 1.39 bits per heavy atom. The molecular formula is C15H17NO2. The van der Waals surface area contributed by atoms with Gasteiger partial charge in [-0.15, -0.1) is 0 Å². The van der Waals surface area contributed by atoms with Crippen molar-refractivity contribution in [2.24, 2.45) is 0 Å². The van der Waals surface area contributed by atoms with Crippen molar-refractivity contribution in [2.45, 2.75) is 50.3 Å². The molecular weight excluding hydrogens is 226 g/mol. The predicted molar refractivity (Wildman–Crippen MR) is 68.0 cm³/mol. The molecule has 1 spiro atoms. The quantitative estimate of drug-likeness (QED) is 0.759. The largest absolute Gasteiger partial charge is 0.484 e. The topological polar surface area (TPSA) is 38.3 Å². The molecule has 2 bridgehead atoms. The lowest BCUT2D eigenvalue weighted by Crippen LogP contribution is -2.51. The van der Waals surface area contributed by atoms with E-state index in [9.17, 15) is 4.79 Å². The van der Waals surface area contributed by atoms with E-state index in [4.69, 9.17) is 4.74 Å². The molecule has 0 aliphatic carbocycles. The lowest BCUT2D eigenvalue weighted by Gasteiger charge is -2.40. The highest BCUT2D eigenvalue weighted by atomic mass is 16.5. The van der Waals surface area contributed by atoms with Gasteiger partial charge in [-0.25, -0.2) is 0 Å². The average molecular weight is 243 g/mol. The lowest BCUT2D eigenvalue weighted by atomic mass is 9.78. The average Bonchev–Trinajstić information content (AvgIpc) is 2.91. The molecule has 3 nitrogen and oxygen atoms in total. The van der Waals surface area contributed by atoms with Gasteiger partial charge in [0, 0.05) is 18.5 Å². The smallest absolute Gasteiger partial charge is 0.170 e. The van der Waals surface area contributed by atoms with E-state index in [-0.39, 0.29) is 11.4 Å². The molecule has 0 radical (unpaired) electrons. The molecule has 0 aromatic heterocycles. The summed E-state index contributed by atoms with van der Waals surface area (Å²) in [6.45, 7) is 2.01. The van der Waals surface area contributed by atoms with Crippen LogP contribution < -0.4 is 10.1 Å². The summed E-state index contributed by atoms with van der Waals surface area (Å²) >= 11 is 0. The fraction of sp³-hybridized carbons (Fsp3) is 0.533. The van der Waals surface area contributed by atoms with E-state index in [0.717, 1.165) is 29.7 Å². The van der Waals surface area contributed by atoms with Crippen LogP contribution in [-0.2, 0) is 0 Å². The fourth-order valence-corrected chi connectivity index (χ4v) is 3.84. The van der Waals surface area contributed by atoms with E-state index < -0.39 is 0 Å². The van der Waals surface area contributed by atoms with Crippen molar-refractivity contribution < 1.29 is 9.53 Å². The second-order valence-corrected chi connectivity index (χ2v) is 5.96. The second kappa shape index (κ2) is 3.35. The molecule has 0 saturated carbocycles. The summed E-state index contributed by atoms with van der Waals surface area (Å²) in [7, 11) is 0. The van der Waals surface area contributed by atoms with E-state index in [1.165, 1.54) is 6.42 Å². The number of ketones is 1. The summed E-state index contributed by atoms with van der Waals surface area (Å²) in [6, 6.07) is 6.84. The highest BCUT2D eigenvalue weighted by molar-refractivity contribution is 6.00. The summed E-state index contributed by atoms with van der Waals surface area (Å²) < 4.78 is 6.26. The summed E-state index contributed by atoms with van der Waals surface area (Å²) in [5, 5.41) is 3.57. The first-order chi connectivity index (χ1) is 8.66. The van der Waals surface area contributed by atoms with E-state index in [0.29, 0.717) is 18.5 Å². The first-order valence-electron chi connectivity index (χ1n) is 6.75. The number of benzene rings is 1. The van der Waals surface area contributed by atoms with Crippen molar-refractivity contribution in [3.8, 4) is 5.75 Å². The van der Waals surface area contributed by atoms with Gasteiger partial charge in [-0.3, -0.25) is 4.79 Å². The minimum atomic E-state index is -0.262. The van der Waals surface area contributed by atoms with Crippen LogP contribution >= 0.6 is 0 Å². The van der Waals surface area contributed by atoms with Crippen LogP contribution in [0.5, 0.6) is 5.75 Å². The Balaban J connectivity index is 1.76. The fourth-order valence-electron chi connectivity index (χ4n) is 3.84. The van der Waals surface area contributed by atoms with Crippen LogP contribution in [0.4, 0.5) is 0 Å². The Hall–Kier alpha value is -1.35. The Morgan fingerprint density at radius 2 is 2.28 bits per heavy atom. The zero-order valence-electron chi connectivity index (χ0n) is 10.5. The van der Waals surface area contributed by atoms with Crippen LogP contribution in [0.1, 0.15) is 41.6 Å². The van der Waals surface area contributed by atoms with E-state index in [2.05, 4.69) is 5.32 Å². The Bertz CT molecular complexity index is 539. The molecule has 2 saturated heterocycles. The number of hydrogen-bond acceptors (Lipinski definition) is 3. The minimum absolute atomic E-state index is 0.245. The van der Waals surface area contributed by atoms with Crippen LogP contribution in [-0.4, -0.2) is 23.5 Å². The van der Waals surface area contributed by atoms with Crippen LogP contribution in [0.25, 0.3) is 0 Å². The van der Waals surface area contributed by atoms with Gasteiger partial charge >= 0.3 is 0 Å². The van der Waals surface area contributed by atoms with Crippen molar-refractivity contribution >= 4 is 5.78 Å². The van der Waals surface area contributed by atoms with Crippen molar-refractivity contribution in [3.05, 3.63) is 29.3 Å². The van der Waals surface area contributed by atoms with Gasteiger partial charge in [0.15, 0.2) is 5.78 Å². The maximum Gasteiger partial charge on any atom is 0.170 e. The third-order valence-electron chi connectivity index (χ3n) is 4.68. The highest BCUT2D eigenvalue weighted by Crippen LogP contribution is 2.46. The van der Waals surface area contributed by atoms with E-state index in [1.54, 1.807) is 0 Å². The predicted octanol–water partition coefficient (Wildman–Crippen LogP) is 2.22. The molecule has 18 heavy (non-hydrogen) atoms. The number of nitrogens with one attached hydrogen (secondary N) is 1. The number of fused-ring (bicyclic) bond motifs is 4. The molecule has 94 valence electrons. The third-order valence-corrected chi connectivity index (χ3v) is 4.68. The van der Waals surface area contributed by atoms with Gasteiger partial charge in [0.05, 0.1) is 12.0 Å². The molecule has 3 aliphatic heterocycles. The van der Waals surface area contributed by atoms with Gasteiger partial charge in [0.25, 0.3) is 0 Å². The number of carbonyl (C=O) groups is 1. The van der Waals surface area contributed by atoms with Crippen LogP contribution in [0, 0.1) is 6.92 Å². The first kappa shape index (κ1) is 10.6. The molecule has 3 unspecified atom stereocenters. The number of rotatable bonds is 0. The maximum absolute atomic E-state index is 12.4. The number of carbonyl (C=O) groups excluding carboxylic acids is 1. The summed E-state index contributed by atoms with van der Waals surface area (Å²) in [4.78, 5) is 12.4. The summed E-state index contributed by atoms with van der Waals surface area (Å²) in [5.41, 5.74) is 1.62. The number of hydrogen-bond donors (Lipinski definition) is 1. The van der Waals surface area contributed by atoms with Crippen molar-refractivity contribution in [1.29, 1.82) is 0 Å². The lowest BCUT2D eigenvalue weighted by molar-refractivity contribution is 0.0232. The molecule has 1 N–H and O–H groups in total.